The van der Waals surface area contributed by atoms with Crippen molar-refractivity contribution in [2.45, 2.75) is 5.25 Å². The predicted octanol–water partition coefficient (Wildman–Crippen LogP) is 4.46. The number of nitrogens with one attached hydrogen (secondary N) is 1. The molecule has 0 bridgehead atoms. The molecule has 1 N–H and O–H groups in total. The fraction of sp³-hybridized carbons (Fsp3) is 0.167. The molecule has 2 aromatic rings. The zero-order valence-electron chi connectivity index (χ0n) is 12.2. The quantitative estimate of drug-likeness (QED) is 0.759. The van der Waals surface area contributed by atoms with Gasteiger partial charge in [-0.05, 0) is 23.3 Å². The van der Waals surface area contributed by atoms with Gasteiger partial charge < -0.3 is 5.32 Å². The molecule has 2 rings (SSSR count). The molecule has 1 atom stereocenters. The largest absolute Gasteiger partial charge is 0.352 e. The van der Waals surface area contributed by atoms with Crippen molar-refractivity contribution in [3.63, 3.8) is 0 Å². The minimum absolute atomic E-state index is 0.0137. The molecule has 0 aliphatic carbocycles. The third-order valence-corrected chi connectivity index (χ3v) is 4.66. The number of thioether (sulfide) groups is 1. The van der Waals surface area contributed by atoms with E-state index in [1.54, 1.807) is 17.8 Å². The Hall–Kier alpha value is -1.71. The highest BCUT2D eigenvalue weighted by Gasteiger charge is 2.16. The fourth-order valence-corrected chi connectivity index (χ4v) is 3.29. The van der Waals surface area contributed by atoms with Crippen LogP contribution in [0.3, 0.4) is 0 Å². The van der Waals surface area contributed by atoms with Crippen molar-refractivity contribution in [1.29, 1.82) is 0 Å². The van der Waals surface area contributed by atoms with Crippen LogP contribution in [0.1, 0.15) is 16.4 Å². The summed E-state index contributed by atoms with van der Waals surface area (Å²) in [5, 5.41) is 3.62. The molecular weight excluding hydrogens is 314 g/mol. The van der Waals surface area contributed by atoms with E-state index < -0.39 is 0 Å². The Balaban J connectivity index is 2.14. The molecule has 0 saturated carbocycles. The van der Waals surface area contributed by atoms with Gasteiger partial charge in [-0.15, -0.1) is 18.3 Å². The summed E-state index contributed by atoms with van der Waals surface area (Å²) in [6.45, 7) is 4.09. The van der Waals surface area contributed by atoms with Crippen LogP contribution < -0.4 is 5.32 Å². The number of carbonyl (C=O) groups excluding carboxylic acids is 1. The van der Waals surface area contributed by atoms with Crippen LogP contribution in [0.5, 0.6) is 0 Å². The number of hydrogen-bond acceptors (Lipinski definition) is 2. The molecular formula is C18H18ClNOS. The second-order valence-electron chi connectivity index (χ2n) is 4.75. The number of amides is 1. The van der Waals surface area contributed by atoms with Crippen molar-refractivity contribution >= 4 is 29.3 Å². The van der Waals surface area contributed by atoms with Gasteiger partial charge in [0.05, 0.1) is 11.0 Å². The smallest absolute Gasteiger partial charge is 0.230 e. The average Bonchev–Trinajstić information content (AvgIpc) is 2.55. The van der Waals surface area contributed by atoms with Crippen molar-refractivity contribution in [2.75, 3.05) is 12.3 Å². The van der Waals surface area contributed by atoms with Gasteiger partial charge in [0, 0.05) is 11.6 Å². The molecule has 114 valence electrons. The first-order chi connectivity index (χ1) is 10.7. The molecule has 0 saturated heterocycles. The molecule has 2 nitrogen and oxygen atoms in total. The van der Waals surface area contributed by atoms with Crippen LogP contribution in [0.25, 0.3) is 0 Å². The maximum atomic E-state index is 11.8. The molecule has 22 heavy (non-hydrogen) atoms. The Kier molecular flexibility index (Phi) is 6.56. The highest BCUT2D eigenvalue weighted by atomic mass is 35.5. The van der Waals surface area contributed by atoms with E-state index in [0.717, 1.165) is 5.56 Å². The first-order valence-corrected chi connectivity index (χ1v) is 8.43. The highest BCUT2D eigenvalue weighted by Crippen LogP contribution is 2.35. The van der Waals surface area contributed by atoms with Gasteiger partial charge in [-0.2, -0.15) is 0 Å². The van der Waals surface area contributed by atoms with Crippen LogP contribution in [0.15, 0.2) is 67.3 Å². The first-order valence-electron chi connectivity index (χ1n) is 7.00. The standard InChI is InChI=1S/C18H18ClNOS/c1-2-12-20-17(21)13-22-18(14-6-4-3-5-7-14)15-8-10-16(19)11-9-15/h2-11,18H,1,12-13H2,(H,20,21)/t18-/m1/s1. The molecule has 4 heteroatoms. The Morgan fingerprint density at radius 2 is 1.77 bits per heavy atom. The van der Waals surface area contributed by atoms with Crippen LogP contribution in [-0.2, 0) is 4.79 Å². The van der Waals surface area contributed by atoms with E-state index in [1.807, 2.05) is 42.5 Å². The van der Waals surface area contributed by atoms with Gasteiger partial charge in [-0.3, -0.25) is 4.79 Å². The summed E-state index contributed by atoms with van der Waals surface area (Å²) in [7, 11) is 0. The van der Waals surface area contributed by atoms with Gasteiger partial charge in [0.1, 0.15) is 0 Å². The van der Waals surface area contributed by atoms with Gasteiger partial charge in [-0.1, -0.05) is 60.1 Å². The summed E-state index contributed by atoms with van der Waals surface area (Å²) < 4.78 is 0. The average molecular weight is 332 g/mol. The zero-order valence-corrected chi connectivity index (χ0v) is 13.7. The minimum atomic E-state index is 0.0137. The lowest BCUT2D eigenvalue weighted by molar-refractivity contribution is -0.118. The van der Waals surface area contributed by atoms with Gasteiger partial charge >= 0.3 is 0 Å². The molecule has 0 spiro atoms. The van der Waals surface area contributed by atoms with E-state index in [2.05, 4.69) is 24.0 Å². The maximum absolute atomic E-state index is 11.8. The fourth-order valence-electron chi connectivity index (χ4n) is 2.05. The lowest BCUT2D eigenvalue weighted by atomic mass is 10.0. The second kappa shape index (κ2) is 8.66. The molecule has 0 fully saturated rings. The van der Waals surface area contributed by atoms with Crippen molar-refractivity contribution < 1.29 is 4.79 Å². The topological polar surface area (TPSA) is 29.1 Å². The number of benzene rings is 2. The van der Waals surface area contributed by atoms with Crippen LogP contribution in [0, 0.1) is 0 Å². The van der Waals surface area contributed by atoms with Gasteiger partial charge in [-0.25, -0.2) is 0 Å². The van der Waals surface area contributed by atoms with E-state index in [9.17, 15) is 4.79 Å². The normalized spacial score (nSPS) is 11.7. The van der Waals surface area contributed by atoms with E-state index in [1.165, 1.54) is 5.56 Å². The highest BCUT2D eigenvalue weighted by molar-refractivity contribution is 8.00. The molecule has 0 radical (unpaired) electrons. The predicted molar refractivity (Wildman–Crippen MR) is 95.4 cm³/mol. The third-order valence-electron chi connectivity index (χ3n) is 3.10. The van der Waals surface area contributed by atoms with Crippen LogP contribution in [0.4, 0.5) is 0 Å². The third kappa shape index (κ3) is 4.93. The summed E-state index contributed by atoms with van der Waals surface area (Å²) in [4.78, 5) is 11.8. The molecule has 2 aromatic carbocycles. The van der Waals surface area contributed by atoms with Crippen molar-refractivity contribution in [3.8, 4) is 0 Å². The summed E-state index contributed by atoms with van der Waals surface area (Å²) >= 11 is 7.57. The monoisotopic (exact) mass is 331 g/mol. The van der Waals surface area contributed by atoms with Gasteiger partial charge in [0.25, 0.3) is 0 Å². The van der Waals surface area contributed by atoms with Gasteiger partial charge in [0.15, 0.2) is 0 Å². The Labute approximate surface area is 140 Å². The lowest BCUT2D eigenvalue weighted by Crippen LogP contribution is -2.25. The van der Waals surface area contributed by atoms with E-state index in [4.69, 9.17) is 11.6 Å². The first kappa shape index (κ1) is 16.7. The summed E-state index contributed by atoms with van der Waals surface area (Å²) in [5.41, 5.74) is 2.31. The summed E-state index contributed by atoms with van der Waals surface area (Å²) in [6, 6.07) is 17.9. The molecule has 0 heterocycles. The van der Waals surface area contributed by atoms with Crippen LogP contribution >= 0.6 is 23.4 Å². The Morgan fingerprint density at radius 3 is 2.41 bits per heavy atom. The summed E-state index contributed by atoms with van der Waals surface area (Å²) in [6.07, 6.45) is 1.68. The van der Waals surface area contributed by atoms with Crippen molar-refractivity contribution in [2.24, 2.45) is 0 Å². The number of halogens is 1. The maximum Gasteiger partial charge on any atom is 0.230 e. The summed E-state index contributed by atoms with van der Waals surface area (Å²) in [5.74, 6) is 0.413. The van der Waals surface area contributed by atoms with Crippen LogP contribution in [-0.4, -0.2) is 18.2 Å². The van der Waals surface area contributed by atoms with E-state index in [-0.39, 0.29) is 11.2 Å². The number of rotatable bonds is 7. The molecule has 0 aliphatic rings. The molecule has 0 aromatic heterocycles. The van der Waals surface area contributed by atoms with E-state index in [0.29, 0.717) is 17.3 Å². The lowest BCUT2D eigenvalue weighted by Gasteiger charge is -2.17. The van der Waals surface area contributed by atoms with Gasteiger partial charge in [0.2, 0.25) is 5.91 Å². The second-order valence-corrected chi connectivity index (χ2v) is 6.28. The van der Waals surface area contributed by atoms with Crippen molar-refractivity contribution in [3.05, 3.63) is 83.4 Å². The SMILES string of the molecule is C=CCNC(=O)CS[C@H](c1ccccc1)c1ccc(Cl)cc1. The molecule has 0 aliphatic heterocycles. The van der Waals surface area contributed by atoms with E-state index >= 15 is 0 Å². The van der Waals surface area contributed by atoms with Crippen molar-refractivity contribution in [1.82, 2.24) is 5.32 Å². The molecule has 0 unspecified atom stereocenters. The number of hydrogen-bond donors (Lipinski definition) is 1. The minimum Gasteiger partial charge on any atom is -0.352 e. The Morgan fingerprint density at radius 1 is 1.14 bits per heavy atom. The zero-order chi connectivity index (χ0) is 15.8. The molecule has 1 amide bonds. The number of carbonyl (C=O) groups is 1. The Bertz CT molecular complexity index is 613. The van der Waals surface area contributed by atoms with Crippen LogP contribution in [0.2, 0.25) is 5.02 Å².